The van der Waals surface area contributed by atoms with Crippen molar-refractivity contribution in [1.29, 1.82) is 0 Å². The second-order valence-corrected chi connectivity index (χ2v) is 19.8. The molecule has 0 radical (unpaired) electrons. The number of amides is 4. The van der Waals surface area contributed by atoms with Gasteiger partial charge in [-0.15, -0.1) is 35.3 Å². The van der Waals surface area contributed by atoms with Crippen molar-refractivity contribution in [2.24, 2.45) is 0 Å². The first-order valence-corrected chi connectivity index (χ1v) is 25.1. The van der Waals surface area contributed by atoms with Gasteiger partial charge >= 0.3 is 5.97 Å². The van der Waals surface area contributed by atoms with E-state index in [1.54, 1.807) is 0 Å². The number of carbonyl (C=O) groups is 5. The molecule has 0 spiro atoms. The highest BCUT2D eigenvalue weighted by molar-refractivity contribution is 8.00. The van der Waals surface area contributed by atoms with Crippen LogP contribution in [0.5, 0.6) is 0 Å². The number of aliphatic hydroxyl groups excluding tert-OH is 12. The lowest BCUT2D eigenvalue weighted by Gasteiger charge is -2.39. The fourth-order valence-electron chi connectivity index (χ4n) is 7.06. The van der Waals surface area contributed by atoms with Crippen molar-refractivity contribution < 1.29 is 105 Å². The molecule has 3 aliphatic heterocycles. The minimum atomic E-state index is -1.61. The number of aliphatic carboxylic acids is 1. The van der Waals surface area contributed by atoms with Gasteiger partial charge < -0.3 is 102 Å². The predicted octanol–water partition coefficient (Wildman–Crippen LogP) is -6.62. The summed E-state index contributed by atoms with van der Waals surface area (Å²) in [7, 11) is 0. The van der Waals surface area contributed by atoms with Crippen LogP contribution in [0.2, 0.25) is 0 Å². The molecular formula is C39H68N4O21S3. The van der Waals surface area contributed by atoms with E-state index in [9.17, 15) is 90.4 Å². The number of carboxylic acids is 1. The smallest absolute Gasteiger partial charge is 0.326 e. The van der Waals surface area contributed by atoms with Crippen molar-refractivity contribution >= 4 is 64.9 Å². The van der Waals surface area contributed by atoms with Gasteiger partial charge in [-0.25, -0.2) is 4.79 Å². The molecule has 0 bridgehead atoms. The van der Waals surface area contributed by atoms with Crippen molar-refractivity contribution in [1.82, 2.24) is 21.3 Å². The van der Waals surface area contributed by atoms with Gasteiger partial charge in [-0.2, -0.15) is 0 Å². The Hall–Kier alpha value is -2.20. The van der Waals surface area contributed by atoms with E-state index in [0.717, 1.165) is 35.3 Å². The fraction of sp³-hybridized carbons (Fsp3) is 0.872. The van der Waals surface area contributed by atoms with Gasteiger partial charge in [0.2, 0.25) is 23.6 Å². The van der Waals surface area contributed by atoms with Gasteiger partial charge in [0.25, 0.3) is 0 Å². The summed E-state index contributed by atoms with van der Waals surface area (Å²) in [5.74, 6) is -3.18. The summed E-state index contributed by atoms with van der Waals surface area (Å²) in [6, 6.07) is -2.60. The number of ether oxygens (including phenoxy) is 3. The summed E-state index contributed by atoms with van der Waals surface area (Å²) < 4.78 is 16.3. The molecule has 28 heteroatoms. The zero-order chi connectivity index (χ0) is 49.8. The van der Waals surface area contributed by atoms with Gasteiger partial charge in [0.1, 0.15) is 102 Å². The van der Waals surface area contributed by atoms with Crippen molar-refractivity contribution in [3.8, 4) is 0 Å². The molecule has 17 N–H and O–H groups in total. The minimum absolute atomic E-state index is 0.00685. The Morgan fingerprint density at radius 3 is 1.13 bits per heavy atom. The van der Waals surface area contributed by atoms with Gasteiger partial charge in [-0.1, -0.05) is 0 Å². The molecule has 67 heavy (non-hydrogen) atoms. The minimum Gasteiger partial charge on any atom is -0.480 e. The second kappa shape index (κ2) is 30.5. The maximum Gasteiger partial charge on any atom is 0.326 e. The summed E-state index contributed by atoms with van der Waals surface area (Å²) in [5.41, 5.74) is -3.09. The number of thioether (sulfide) groups is 3. The molecule has 17 atom stereocenters. The van der Waals surface area contributed by atoms with Gasteiger partial charge in [0.15, 0.2) is 0 Å². The molecule has 3 rings (SSSR count). The Kier molecular flexibility index (Phi) is 26.9. The van der Waals surface area contributed by atoms with Crippen LogP contribution in [-0.4, -0.2) is 248 Å². The number of aliphatic hydroxyl groups is 12. The van der Waals surface area contributed by atoms with Gasteiger partial charge in [0, 0.05) is 49.6 Å². The monoisotopic (exact) mass is 1020 g/mol. The van der Waals surface area contributed by atoms with Crippen LogP contribution in [-0.2, 0) is 38.2 Å². The van der Waals surface area contributed by atoms with Crippen molar-refractivity contribution in [3.63, 3.8) is 0 Å². The average Bonchev–Trinajstić information content (AvgIpc) is 3.30. The molecule has 0 aromatic heterocycles. The first-order valence-electron chi connectivity index (χ1n) is 22.0. The number of hydrogen-bond donors (Lipinski definition) is 17. The van der Waals surface area contributed by atoms with E-state index in [1.807, 2.05) is 0 Å². The third kappa shape index (κ3) is 18.8. The third-order valence-corrected chi connectivity index (χ3v) is 14.6. The van der Waals surface area contributed by atoms with Crippen LogP contribution in [0, 0.1) is 0 Å². The highest BCUT2D eigenvalue weighted by Gasteiger charge is 2.46. The quantitative estimate of drug-likeness (QED) is 0.0310. The molecule has 0 unspecified atom stereocenters. The first kappa shape index (κ1) is 59.1. The maximum absolute atomic E-state index is 13.5. The zero-order valence-corrected chi connectivity index (χ0v) is 39.1. The normalized spacial score (nSPS) is 33.0. The molecule has 0 aromatic rings. The summed E-state index contributed by atoms with van der Waals surface area (Å²) >= 11 is 2.96. The summed E-state index contributed by atoms with van der Waals surface area (Å²) in [6.07, 6.45) is -16.1. The number of carbonyl (C=O) groups excluding carboxylic acids is 4. The van der Waals surface area contributed by atoms with Crippen LogP contribution in [0.25, 0.3) is 0 Å². The summed E-state index contributed by atoms with van der Waals surface area (Å²) in [5, 5.41) is 139. The molecule has 3 aliphatic rings. The average molecular weight is 1030 g/mol. The molecule has 0 aromatic carbocycles. The maximum atomic E-state index is 13.5. The Balaban J connectivity index is 1.46. The van der Waals surface area contributed by atoms with Gasteiger partial charge in [0.05, 0.1) is 19.8 Å². The number of nitrogens with one attached hydrogen (secondary N) is 4. The first-order chi connectivity index (χ1) is 31.8. The molecule has 0 aliphatic carbocycles. The zero-order valence-electron chi connectivity index (χ0n) is 36.6. The number of rotatable bonds is 29. The lowest BCUT2D eigenvalue weighted by Crippen LogP contribution is -2.57. The molecule has 4 amide bonds. The molecule has 3 heterocycles. The van der Waals surface area contributed by atoms with Crippen LogP contribution in [0.1, 0.15) is 57.8 Å². The largest absolute Gasteiger partial charge is 0.480 e. The molecule has 388 valence electrons. The third-order valence-electron chi connectivity index (χ3n) is 11.1. The Morgan fingerprint density at radius 1 is 0.448 bits per heavy atom. The number of carboxylic acid groups (broad SMARTS) is 1. The Morgan fingerprint density at radius 2 is 0.791 bits per heavy atom. The standard InChI is InChI=1S/C39H68N4O21S3/c44-15-20-26(50)29(53)32(56)37(62-20)65-12-7-23(47)40-10-3-1-5-18(42-25(49)9-14-67-39-34(58)31(55)28(52)22(17-46)64-39)35(59)43-19(36(60)61)6-2-4-11-41-24(48)8-13-66-38-33(57)30(54)27(51)21(16-45)63-38/h18-22,26-34,37-39,44-46,50-58H,1-17H2,(H,40,47)(H,41,48)(H,42,49)(H,43,59)(H,60,61)/t18-,19-,20+,21+,22+,26+,27+,28+,29-,30-,31-,32-,33-,34-,37+,38+,39+/m0/s1. The summed E-state index contributed by atoms with van der Waals surface area (Å²) in [6.45, 7) is -1.49. The molecule has 3 saturated heterocycles. The second-order valence-electron chi connectivity index (χ2n) is 16.2. The molecule has 25 nitrogen and oxygen atoms in total. The molecular weight excluding hydrogens is 957 g/mol. The van der Waals surface area contributed by atoms with Crippen LogP contribution in [0.4, 0.5) is 0 Å². The lowest BCUT2D eigenvalue weighted by atomic mass is 10.0. The van der Waals surface area contributed by atoms with Crippen LogP contribution >= 0.6 is 35.3 Å². The Labute approximate surface area is 399 Å². The van der Waals surface area contributed by atoms with Crippen molar-refractivity contribution in [2.45, 2.75) is 159 Å². The summed E-state index contributed by atoms with van der Waals surface area (Å²) in [4.78, 5) is 63.6. The van der Waals surface area contributed by atoms with Crippen LogP contribution in [0.15, 0.2) is 0 Å². The molecule has 3 fully saturated rings. The highest BCUT2D eigenvalue weighted by Crippen LogP contribution is 2.31. The van der Waals surface area contributed by atoms with E-state index in [2.05, 4.69) is 21.3 Å². The van der Waals surface area contributed by atoms with Crippen LogP contribution in [0.3, 0.4) is 0 Å². The predicted molar refractivity (Wildman–Crippen MR) is 238 cm³/mol. The van der Waals surface area contributed by atoms with Gasteiger partial charge in [-0.05, 0) is 38.5 Å². The van der Waals surface area contributed by atoms with E-state index in [4.69, 9.17) is 14.2 Å². The van der Waals surface area contributed by atoms with E-state index in [-0.39, 0.29) is 87.1 Å². The number of unbranched alkanes of at least 4 members (excludes halogenated alkanes) is 2. The highest BCUT2D eigenvalue weighted by atomic mass is 32.2. The fourth-order valence-corrected chi connectivity index (χ4v) is 10.4. The SMILES string of the molecule is O=C(CCS[C@H]1O[C@H](CO)[C@@H](O)[C@H](O)[C@@H]1O)NCCCC[C@H](NC(=O)[C@H](CCCCNC(=O)CCS[C@H]1O[C@H](CO)[C@@H](O)[C@H](O)[C@@H]1O)NC(=O)CCS[C@H]1O[C@H](CO)[C@@H](O)[C@H](O)[C@@H]1O)C(=O)O. The van der Waals surface area contributed by atoms with E-state index < -0.39 is 139 Å². The number of hydrogen-bond acceptors (Lipinski definition) is 23. The van der Waals surface area contributed by atoms with Gasteiger partial charge in [-0.3, -0.25) is 19.2 Å². The molecule has 0 saturated carbocycles. The van der Waals surface area contributed by atoms with Crippen molar-refractivity contribution in [3.05, 3.63) is 0 Å². The lowest BCUT2D eigenvalue weighted by molar-refractivity contribution is -0.205. The topological polar surface area (TPSA) is 424 Å². The van der Waals surface area contributed by atoms with E-state index >= 15 is 0 Å². The van der Waals surface area contributed by atoms with Crippen molar-refractivity contribution in [2.75, 3.05) is 50.2 Å². The van der Waals surface area contributed by atoms with E-state index in [1.165, 1.54) is 0 Å². The Bertz CT molecular complexity index is 1530. The van der Waals surface area contributed by atoms with Crippen LogP contribution < -0.4 is 21.3 Å². The van der Waals surface area contributed by atoms with E-state index in [0.29, 0.717) is 12.8 Å².